The van der Waals surface area contributed by atoms with Crippen LogP contribution in [0.4, 0.5) is 5.13 Å². The minimum atomic E-state index is -4.09. The van der Waals surface area contributed by atoms with E-state index in [4.69, 9.17) is 5.11 Å². The van der Waals surface area contributed by atoms with Crippen molar-refractivity contribution in [3.63, 3.8) is 0 Å². The number of aromatic nitrogens is 2. The maximum atomic E-state index is 12.0. The fourth-order valence-electron chi connectivity index (χ4n) is 1.40. The van der Waals surface area contributed by atoms with E-state index in [1.165, 1.54) is 6.92 Å². The summed E-state index contributed by atoms with van der Waals surface area (Å²) in [6.45, 7) is 3.12. The van der Waals surface area contributed by atoms with Crippen molar-refractivity contribution in [3.05, 3.63) is 0 Å². The molecule has 1 aromatic heterocycles. The quantitative estimate of drug-likeness (QED) is 0.585. The van der Waals surface area contributed by atoms with Gasteiger partial charge in [0, 0.05) is 6.92 Å². The molecule has 0 radical (unpaired) electrons. The Balaban J connectivity index is 2.86. The van der Waals surface area contributed by atoms with Crippen LogP contribution in [0, 0.1) is 0 Å². The van der Waals surface area contributed by atoms with Gasteiger partial charge in [-0.05, 0) is 6.42 Å². The van der Waals surface area contributed by atoms with Gasteiger partial charge in [0.05, 0.1) is 0 Å². The molecule has 0 aliphatic carbocycles. The van der Waals surface area contributed by atoms with E-state index in [2.05, 4.69) is 20.2 Å². The number of sulfonamides is 1. The van der Waals surface area contributed by atoms with Gasteiger partial charge in [0.1, 0.15) is 6.04 Å². The number of carbonyl (C=O) groups is 2. The van der Waals surface area contributed by atoms with Gasteiger partial charge in [0.2, 0.25) is 15.4 Å². The van der Waals surface area contributed by atoms with Crippen molar-refractivity contribution in [2.24, 2.45) is 0 Å². The molecular weight excluding hydrogens is 320 g/mol. The smallest absolute Gasteiger partial charge is 0.321 e. The van der Waals surface area contributed by atoms with E-state index >= 15 is 0 Å². The highest BCUT2D eigenvalue weighted by atomic mass is 32.2. The Morgan fingerprint density at radius 2 is 2.05 bits per heavy atom. The fourth-order valence-corrected chi connectivity index (χ4v) is 3.58. The second kappa shape index (κ2) is 7.43. The van der Waals surface area contributed by atoms with Crippen LogP contribution in [0.5, 0.6) is 0 Å². The van der Waals surface area contributed by atoms with E-state index in [0.717, 1.165) is 6.42 Å². The molecular formula is C10H16N4O5S2. The summed E-state index contributed by atoms with van der Waals surface area (Å²) in [5.74, 6) is -1.66. The standard InChI is InChI=1S/C10H16N4O5S2/c1-3-4-5-7(8(16)17)14-21(18,19)10-13-12-9(20-10)11-6(2)15/h7,14H,3-5H2,1-2H3,(H,16,17)(H,11,12,15)/t7-/m0/s1. The molecule has 9 nitrogen and oxygen atoms in total. The molecule has 0 aromatic carbocycles. The van der Waals surface area contributed by atoms with Gasteiger partial charge in [0.25, 0.3) is 10.0 Å². The van der Waals surface area contributed by atoms with Crippen molar-refractivity contribution < 1.29 is 23.1 Å². The molecule has 21 heavy (non-hydrogen) atoms. The summed E-state index contributed by atoms with van der Waals surface area (Å²) < 4.78 is 25.7. The molecule has 1 heterocycles. The lowest BCUT2D eigenvalue weighted by atomic mass is 10.1. The van der Waals surface area contributed by atoms with Crippen LogP contribution in [0.25, 0.3) is 0 Å². The number of unbranched alkanes of at least 4 members (excludes halogenated alkanes) is 1. The van der Waals surface area contributed by atoms with E-state index in [1.54, 1.807) is 0 Å². The lowest BCUT2D eigenvalue weighted by molar-refractivity contribution is -0.139. The zero-order valence-corrected chi connectivity index (χ0v) is 13.1. The zero-order valence-electron chi connectivity index (χ0n) is 11.5. The van der Waals surface area contributed by atoms with Crippen LogP contribution in [0.1, 0.15) is 33.1 Å². The Morgan fingerprint density at radius 1 is 1.38 bits per heavy atom. The third-order valence-electron chi connectivity index (χ3n) is 2.36. The first-order chi connectivity index (χ1) is 9.76. The average Bonchev–Trinajstić information content (AvgIpc) is 2.82. The molecule has 3 N–H and O–H groups in total. The van der Waals surface area contributed by atoms with Crippen molar-refractivity contribution in [2.45, 2.75) is 43.5 Å². The normalized spacial score (nSPS) is 12.9. The number of hydrogen-bond acceptors (Lipinski definition) is 7. The first-order valence-electron chi connectivity index (χ1n) is 6.12. The topological polar surface area (TPSA) is 138 Å². The summed E-state index contributed by atoms with van der Waals surface area (Å²) in [6, 6.07) is -1.22. The Hall–Kier alpha value is -1.59. The van der Waals surface area contributed by atoms with Gasteiger partial charge in [-0.25, -0.2) is 8.42 Å². The molecule has 0 bridgehead atoms. The van der Waals surface area contributed by atoms with Crippen LogP contribution in [0.15, 0.2) is 4.34 Å². The van der Waals surface area contributed by atoms with Gasteiger partial charge in [-0.1, -0.05) is 31.1 Å². The first-order valence-corrected chi connectivity index (χ1v) is 8.42. The molecule has 1 amide bonds. The van der Waals surface area contributed by atoms with Gasteiger partial charge < -0.3 is 10.4 Å². The summed E-state index contributed by atoms with van der Waals surface area (Å²) in [4.78, 5) is 21.9. The van der Waals surface area contributed by atoms with Gasteiger partial charge >= 0.3 is 5.97 Å². The number of anilines is 1. The SMILES string of the molecule is CCCC[C@H](NS(=O)(=O)c1nnc(NC(C)=O)s1)C(=O)O. The van der Waals surface area contributed by atoms with Crippen molar-refractivity contribution in [3.8, 4) is 0 Å². The molecule has 1 rings (SSSR count). The van der Waals surface area contributed by atoms with Crippen LogP contribution >= 0.6 is 11.3 Å². The molecule has 0 fully saturated rings. The zero-order chi connectivity index (χ0) is 16.0. The highest BCUT2D eigenvalue weighted by molar-refractivity contribution is 7.91. The Labute approximate surface area is 125 Å². The van der Waals surface area contributed by atoms with Gasteiger partial charge in [-0.3, -0.25) is 9.59 Å². The number of nitrogens with one attached hydrogen (secondary N) is 2. The van der Waals surface area contributed by atoms with Crippen LogP contribution in [0.2, 0.25) is 0 Å². The van der Waals surface area contributed by atoms with Crippen LogP contribution < -0.4 is 10.0 Å². The van der Waals surface area contributed by atoms with Crippen LogP contribution in [-0.2, 0) is 19.6 Å². The molecule has 11 heteroatoms. The van der Waals surface area contributed by atoms with Crippen LogP contribution in [0.3, 0.4) is 0 Å². The summed E-state index contributed by atoms with van der Waals surface area (Å²) in [5.41, 5.74) is 0. The third kappa shape index (κ3) is 5.36. The van der Waals surface area contributed by atoms with E-state index in [0.29, 0.717) is 17.8 Å². The largest absolute Gasteiger partial charge is 0.480 e. The number of hydrogen-bond donors (Lipinski definition) is 3. The number of rotatable bonds is 8. The summed E-state index contributed by atoms with van der Waals surface area (Å²) in [6.07, 6.45) is 1.51. The Kier molecular flexibility index (Phi) is 6.18. The lowest BCUT2D eigenvalue weighted by Crippen LogP contribution is -2.40. The second-order valence-corrected chi connectivity index (χ2v) is 7.07. The molecule has 0 aliphatic rings. The van der Waals surface area contributed by atoms with Crippen molar-refractivity contribution >= 4 is 38.4 Å². The summed E-state index contributed by atoms with van der Waals surface area (Å²) >= 11 is 0.648. The summed E-state index contributed by atoms with van der Waals surface area (Å²) in [7, 11) is -4.09. The van der Waals surface area contributed by atoms with Crippen molar-refractivity contribution in [1.29, 1.82) is 0 Å². The van der Waals surface area contributed by atoms with E-state index in [-0.39, 0.29) is 11.6 Å². The molecule has 0 saturated carbocycles. The number of aliphatic carboxylic acids is 1. The van der Waals surface area contributed by atoms with Crippen molar-refractivity contribution in [2.75, 3.05) is 5.32 Å². The fraction of sp³-hybridized carbons (Fsp3) is 0.600. The maximum Gasteiger partial charge on any atom is 0.321 e. The number of nitrogens with zero attached hydrogens (tertiary/aromatic N) is 2. The number of amides is 1. The molecule has 118 valence electrons. The average molecular weight is 336 g/mol. The molecule has 0 aliphatic heterocycles. The van der Waals surface area contributed by atoms with Gasteiger partial charge in [-0.2, -0.15) is 4.72 Å². The van der Waals surface area contributed by atoms with E-state index in [9.17, 15) is 18.0 Å². The minimum absolute atomic E-state index is 0.0308. The monoisotopic (exact) mass is 336 g/mol. The van der Waals surface area contributed by atoms with Crippen molar-refractivity contribution in [1.82, 2.24) is 14.9 Å². The van der Waals surface area contributed by atoms with Gasteiger partial charge in [-0.15, -0.1) is 10.2 Å². The predicted molar refractivity (Wildman–Crippen MR) is 75.5 cm³/mol. The van der Waals surface area contributed by atoms with Crippen LogP contribution in [-0.4, -0.2) is 41.6 Å². The third-order valence-corrected chi connectivity index (χ3v) is 5.04. The van der Waals surface area contributed by atoms with E-state index in [1.807, 2.05) is 6.92 Å². The number of carbonyl (C=O) groups excluding carboxylic acids is 1. The molecule has 0 unspecified atom stereocenters. The highest BCUT2D eigenvalue weighted by Gasteiger charge is 2.28. The predicted octanol–water partition coefficient (Wildman–Crippen LogP) is 0.418. The lowest BCUT2D eigenvalue weighted by Gasteiger charge is -2.12. The summed E-state index contributed by atoms with van der Waals surface area (Å²) in [5, 5.41) is 18.3. The highest BCUT2D eigenvalue weighted by Crippen LogP contribution is 2.20. The maximum absolute atomic E-state index is 12.0. The first kappa shape index (κ1) is 17.5. The van der Waals surface area contributed by atoms with Gasteiger partial charge in [0.15, 0.2) is 0 Å². The Morgan fingerprint density at radius 3 is 2.57 bits per heavy atom. The second-order valence-electron chi connectivity index (χ2n) is 4.21. The minimum Gasteiger partial charge on any atom is -0.480 e. The van der Waals surface area contributed by atoms with E-state index < -0.39 is 32.3 Å². The molecule has 1 atom stereocenters. The molecule has 0 saturated heterocycles. The molecule has 1 aromatic rings. The number of carboxylic acids is 1. The number of carboxylic acid groups (broad SMARTS) is 1. The molecule has 0 spiro atoms. The Bertz CT molecular complexity index is 613.